The molecule has 3 rings (SSSR count). The molecule has 1 saturated heterocycles. The number of carbonyl (C=O) groups is 3. The topological polar surface area (TPSA) is 81.8 Å². The maximum absolute atomic E-state index is 12.8. The lowest BCUT2D eigenvalue weighted by Gasteiger charge is -2.34. The van der Waals surface area contributed by atoms with Gasteiger partial charge in [-0.25, -0.2) is 0 Å². The Bertz CT molecular complexity index is 814. The van der Waals surface area contributed by atoms with Crippen LogP contribution in [-0.2, 0) is 4.79 Å². The molecule has 8 heteroatoms. The minimum Gasteiger partial charge on any atom is -0.358 e. The Balaban J connectivity index is 1.59. The van der Waals surface area contributed by atoms with E-state index in [1.165, 1.54) is 11.3 Å². The quantitative estimate of drug-likeness (QED) is 0.816. The number of thiophene rings is 1. The van der Waals surface area contributed by atoms with E-state index in [4.69, 9.17) is 0 Å². The molecule has 142 valence electrons. The van der Waals surface area contributed by atoms with E-state index in [-0.39, 0.29) is 17.7 Å². The summed E-state index contributed by atoms with van der Waals surface area (Å²) in [6.07, 6.45) is 0. The smallest absolute Gasteiger partial charge is 0.265 e. The average molecular weight is 386 g/mol. The van der Waals surface area contributed by atoms with Gasteiger partial charge in [-0.05, 0) is 29.6 Å². The molecule has 1 aliphatic rings. The number of nitrogens with zero attached hydrogens (tertiary/aromatic N) is 2. The standard InChI is InChI=1S/C19H22N4O3S/c1-20-17(24)13-22-7-9-23(10-8-22)19(26)14-4-2-5-15(12-14)21-18(25)16-6-3-11-27-16/h2-6,11-12H,7-10,13H2,1H3,(H,20,24)(H,21,25). The van der Waals surface area contributed by atoms with Crippen LogP contribution in [0.3, 0.4) is 0 Å². The lowest BCUT2D eigenvalue weighted by Crippen LogP contribution is -2.50. The SMILES string of the molecule is CNC(=O)CN1CCN(C(=O)c2cccc(NC(=O)c3cccs3)c2)CC1. The Hall–Kier alpha value is -2.71. The Labute approximate surface area is 162 Å². The van der Waals surface area contributed by atoms with E-state index in [0.717, 1.165) is 0 Å². The van der Waals surface area contributed by atoms with Crippen LogP contribution in [0.1, 0.15) is 20.0 Å². The largest absolute Gasteiger partial charge is 0.358 e. The minimum atomic E-state index is -0.183. The predicted octanol–water partition coefficient (Wildman–Crippen LogP) is 1.50. The van der Waals surface area contributed by atoms with E-state index in [2.05, 4.69) is 10.6 Å². The fraction of sp³-hybridized carbons (Fsp3) is 0.316. The van der Waals surface area contributed by atoms with Crippen LogP contribution in [0.4, 0.5) is 5.69 Å². The first kappa shape index (κ1) is 19.1. The lowest BCUT2D eigenvalue weighted by molar-refractivity contribution is -0.122. The van der Waals surface area contributed by atoms with Crippen LogP contribution in [0, 0.1) is 0 Å². The zero-order valence-corrected chi connectivity index (χ0v) is 15.9. The molecule has 3 amide bonds. The van der Waals surface area contributed by atoms with Gasteiger partial charge in [-0.2, -0.15) is 0 Å². The highest BCUT2D eigenvalue weighted by Crippen LogP contribution is 2.17. The summed E-state index contributed by atoms with van der Waals surface area (Å²) in [6.45, 7) is 2.81. The molecule has 0 radical (unpaired) electrons. The molecule has 1 aliphatic heterocycles. The van der Waals surface area contributed by atoms with Crippen molar-refractivity contribution in [3.8, 4) is 0 Å². The van der Waals surface area contributed by atoms with Gasteiger partial charge in [0.15, 0.2) is 0 Å². The van der Waals surface area contributed by atoms with E-state index in [1.807, 2.05) is 16.3 Å². The summed E-state index contributed by atoms with van der Waals surface area (Å²) in [5.41, 5.74) is 1.14. The van der Waals surface area contributed by atoms with E-state index < -0.39 is 0 Å². The highest BCUT2D eigenvalue weighted by atomic mass is 32.1. The minimum absolute atomic E-state index is 0.0241. The van der Waals surface area contributed by atoms with Crippen LogP contribution in [0.15, 0.2) is 41.8 Å². The number of likely N-dealkylation sites (N-methyl/N-ethyl adjacent to an activating group) is 1. The molecule has 1 aromatic heterocycles. The van der Waals surface area contributed by atoms with Gasteiger partial charge in [0.25, 0.3) is 11.8 Å². The third-order valence-electron chi connectivity index (χ3n) is 4.42. The summed E-state index contributed by atoms with van der Waals surface area (Å²) < 4.78 is 0. The number of hydrogen-bond acceptors (Lipinski definition) is 5. The summed E-state index contributed by atoms with van der Waals surface area (Å²) in [4.78, 5) is 40.8. The molecule has 0 unspecified atom stereocenters. The second-order valence-electron chi connectivity index (χ2n) is 6.25. The van der Waals surface area contributed by atoms with Crippen molar-refractivity contribution in [2.24, 2.45) is 0 Å². The number of rotatable bonds is 5. The maximum atomic E-state index is 12.8. The van der Waals surface area contributed by atoms with Gasteiger partial charge in [0, 0.05) is 44.5 Å². The van der Waals surface area contributed by atoms with Gasteiger partial charge in [0.2, 0.25) is 5.91 Å². The third kappa shape index (κ3) is 4.93. The molecular formula is C19H22N4O3S. The molecule has 0 saturated carbocycles. The van der Waals surface area contributed by atoms with Gasteiger partial charge in [-0.1, -0.05) is 12.1 Å². The van der Waals surface area contributed by atoms with Crippen molar-refractivity contribution in [2.45, 2.75) is 0 Å². The molecular weight excluding hydrogens is 364 g/mol. The van der Waals surface area contributed by atoms with Crippen molar-refractivity contribution in [1.29, 1.82) is 0 Å². The molecule has 0 bridgehead atoms. The number of hydrogen-bond donors (Lipinski definition) is 2. The fourth-order valence-electron chi connectivity index (χ4n) is 2.90. The second kappa shape index (κ2) is 8.79. The summed E-state index contributed by atoms with van der Waals surface area (Å²) >= 11 is 1.37. The van der Waals surface area contributed by atoms with Gasteiger partial charge in [0.05, 0.1) is 11.4 Å². The lowest BCUT2D eigenvalue weighted by atomic mass is 10.1. The first-order valence-electron chi connectivity index (χ1n) is 8.74. The van der Waals surface area contributed by atoms with E-state index in [1.54, 1.807) is 42.3 Å². The number of anilines is 1. The van der Waals surface area contributed by atoms with Gasteiger partial charge in [-0.15, -0.1) is 11.3 Å². The monoisotopic (exact) mass is 386 g/mol. The molecule has 0 spiro atoms. The van der Waals surface area contributed by atoms with Gasteiger partial charge >= 0.3 is 0 Å². The summed E-state index contributed by atoms with van der Waals surface area (Å²) in [5, 5.41) is 7.28. The van der Waals surface area contributed by atoms with Gasteiger partial charge in [0.1, 0.15) is 0 Å². The van der Waals surface area contributed by atoms with E-state index >= 15 is 0 Å². The zero-order chi connectivity index (χ0) is 19.2. The molecule has 2 aromatic rings. The first-order chi connectivity index (χ1) is 13.1. The Kier molecular flexibility index (Phi) is 6.20. The Morgan fingerprint density at radius 2 is 1.85 bits per heavy atom. The van der Waals surface area contributed by atoms with Crippen LogP contribution in [0.5, 0.6) is 0 Å². The predicted molar refractivity (Wildman–Crippen MR) is 105 cm³/mol. The van der Waals surface area contributed by atoms with Crippen molar-refractivity contribution in [3.63, 3.8) is 0 Å². The molecule has 2 N–H and O–H groups in total. The maximum Gasteiger partial charge on any atom is 0.265 e. The zero-order valence-electron chi connectivity index (χ0n) is 15.1. The van der Waals surface area contributed by atoms with Crippen LogP contribution >= 0.6 is 11.3 Å². The summed E-state index contributed by atoms with van der Waals surface area (Å²) in [7, 11) is 1.62. The molecule has 7 nitrogen and oxygen atoms in total. The van der Waals surface area contributed by atoms with Crippen LogP contribution in [0.2, 0.25) is 0 Å². The molecule has 1 fully saturated rings. The summed E-state index contributed by atoms with van der Waals surface area (Å²) in [5.74, 6) is -0.275. The van der Waals surface area contributed by atoms with E-state index in [9.17, 15) is 14.4 Å². The van der Waals surface area contributed by atoms with Crippen molar-refractivity contribution >= 4 is 34.7 Å². The number of carbonyl (C=O) groups excluding carboxylic acids is 3. The Morgan fingerprint density at radius 1 is 1.07 bits per heavy atom. The number of benzene rings is 1. The van der Waals surface area contributed by atoms with Crippen molar-refractivity contribution in [1.82, 2.24) is 15.1 Å². The highest BCUT2D eigenvalue weighted by molar-refractivity contribution is 7.12. The third-order valence-corrected chi connectivity index (χ3v) is 5.29. The number of nitrogens with one attached hydrogen (secondary N) is 2. The summed E-state index contributed by atoms with van der Waals surface area (Å²) in [6, 6.07) is 10.6. The molecule has 27 heavy (non-hydrogen) atoms. The van der Waals surface area contributed by atoms with E-state index in [0.29, 0.717) is 48.9 Å². The Morgan fingerprint density at radius 3 is 2.52 bits per heavy atom. The molecule has 0 aliphatic carbocycles. The van der Waals surface area contributed by atoms with Crippen LogP contribution < -0.4 is 10.6 Å². The van der Waals surface area contributed by atoms with Crippen molar-refractivity contribution in [3.05, 3.63) is 52.2 Å². The first-order valence-corrected chi connectivity index (χ1v) is 9.62. The molecule has 0 atom stereocenters. The van der Waals surface area contributed by atoms with Gasteiger partial charge in [-0.3, -0.25) is 19.3 Å². The number of amides is 3. The molecule has 1 aromatic carbocycles. The second-order valence-corrected chi connectivity index (χ2v) is 7.20. The molecule has 2 heterocycles. The van der Waals surface area contributed by atoms with Crippen LogP contribution in [0.25, 0.3) is 0 Å². The van der Waals surface area contributed by atoms with Gasteiger partial charge < -0.3 is 15.5 Å². The number of piperazine rings is 1. The van der Waals surface area contributed by atoms with Crippen molar-refractivity contribution < 1.29 is 14.4 Å². The fourth-order valence-corrected chi connectivity index (χ4v) is 3.52. The van der Waals surface area contributed by atoms with Crippen molar-refractivity contribution in [2.75, 3.05) is 45.1 Å². The normalized spacial score (nSPS) is 14.6. The average Bonchev–Trinajstić information content (AvgIpc) is 3.23. The van der Waals surface area contributed by atoms with Crippen LogP contribution in [-0.4, -0.2) is 67.3 Å². The highest BCUT2D eigenvalue weighted by Gasteiger charge is 2.23.